The smallest absolute Gasteiger partial charge is 0.206 e. The SMILES string of the molecule is c1ccc(-c2cccc(C3N=C(n4c5ccccc5c5ccc6c7ccccc7n(-c7ccc(-c8ccccc8)cc7-c7ccccc7)c6c54)NC(c4cccc(-c5ccccc5)c4)N3)c2)cc1. The molecule has 0 saturated carbocycles. The Morgan fingerprint density at radius 1 is 0.338 bits per heavy atom. The Morgan fingerprint density at radius 3 is 1.38 bits per heavy atom. The molecule has 5 heteroatoms. The first-order valence-corrected chi connectivity index (χ1v) is 23.4. The number of nitrogens with zero attached hydrogens (tertiary/aromatic N) is 3. The lowest BCUT2D eigenvalue weighted by atomic mass is 9.97. The fraction of sp³-hybridized carbons (Fsp3) is 0.0317. The number of nitrogens with one attached hydrogen (secondary N) is 2. The largest absolute Gasteiger partial charge is 0.336 e. The molecular weight excluding hydrogens is 827 g/mol. The summed E-state index contributed by atoms with van der Waals surface area (Å²) in [5, 5.41) is 12.6. The number of aliphatic imine (C=N–C) groups is 1. The van der Waals surface area contributed by atoms with E-state index >= 15 is 0 Å². The van der Waals surface area contributed by atoms with Crippen molar-refractivity contribution in [2.24, 2.45) is 4.99 Å². The van der Waals surface area contributed by atoms with Gasteiger partial charge in [-0.1, -0.05) is 212 Å². The molecular formula is C63H45N5. The second-order valence-electron chi connectivity index (χ2n) is 17.6. The van der Waals surface area contributed by atoms with E-state index in [0.29, 0.717) is 0 Å². The molecule has 2 atom stereocenters. The van der Waals surface area contributed by atoms with E-state index in [9.17, 15) is 0 Å². The number of rotatable bonds is 7. The van der Waals surface area contributed by atoms with E-state index in [0.717, 1.165) is 77.9 Å². The van der Waals surface area contributed by atoms with Crippen molar-refractivity contribution in [3.05, 3.63) is 260 Å². The van der Waals surface area contributed by atoms with Gasteiger partial charge < -0.3 is 9.88 Å². The second-order valence-corrected chi connectivity index (χ2v) is 17.6. The van der Waals surface area contributed by atoms with E-state index in [2.05, 4.69) is 268 Å². The average molecular weight is 872 g/mol. The van der Waals surface area contributed by atoms with Crippen LogP contribution in [0.1, 0.15) is 23.5 Å². The first-order valence-electron chi connectivity index (χ1n) is 23.4. The highest BCUT2D eigenvalue weighted by Gasteiger charge is 2.30. The lowest BCUT2D eigenvalue weighted by Gasteiger charge is -2.33. The van der Waals surface area contributed by atoms with Crippen LogP contribution in [0.4, 0.5) is 0 Å². The maximum absolute atomic E-state index is 5.71. The van der Waals surface area contributed by atoms with Crippen LogP contribution in [0.5, 0.6) is 0 Å². The number of fused-ring (bicyclic) bond motifs is 7. The van der Waals surface area contributed by atoms with Gasteiger partial charge in [-0.2, -0.15) is 0 Å². The van der Waals surface area contributed by atoms with Crippen LogP contribution >= 0.6 is 0 Å². The van der Waals surface area contributed by atoms with Crippen molar-refractivity contribution in [1.29, 1.82) is 0 Å². The minimum Gasteiger partial charge on any atom is -0.336 e. The average Bonchev–Trinajstić information content (AvgIpc) is 3.95. The van der Waals surface area contributed by atoms with Crippen molar-refractivity contribution in [3.63, 3.8) is 0 Å². The van der Waals surface area contributed by atoms with Gasteiger partial charge in [-0.15, -0.1) is 0 Å². The minimum atomic E-state index is -0.378. The van der Waals surface area contributed by atoms with Crippen molar-refractivity contribution in [2.45, 2.75) is 12.3 Å². The second kappa shape index (κ2) is 16.6. The third-order valence-corrected chi connectivity index (χ3v) is 13.6. The zero-order chi connectivity index (χ0) is 45.0. The molecule has 0 radical (unpaired) electrons. The van der Waals surface area contributed by atoms with Crippen molar-refractivity contribution in [1.82, 2.24) is 19.8 Å². The van der Waals surface area contributed by atoms with Gasteiger partial charge in [0.2, 0.25) is 5.96 Å². The van der Waals surface area contributed by atoms with Crippen LogP contribution in [-0.4, -0.2) is 15.1 Å². The Hall–Kier alpha value is -8.77. The highest BCUT2D eigenvalue weighted by atomic mass is 15.4. The summed E-state index contributed by atoms with van der Waals surface area (Å²) in [5.74, 6) is 0.771. The summed E-state index contributed by atoms with van der Waals surface area (Å²) in [6.45, 7) is 0. The Bertz CT molecular complexity index is 3850. The maximum Gasteiger partial charge on any atom is 0.206 e. The molecule has 5 nitrogen and oxygen atoms in total. The van der Waals surface area contributed by atoms with Crippen molar-refractivity contribution < 1.29 is 0 Å². The van der Waals surface area contributed by atoms with Gasteiger partial charge in [-0.25, -0.2) is 4.99 Å². The molecule has 0 saturated heterocycles. The summed E-state index contributed by atoms with van der Waals surface area (Å²) < 4.78 is 4.90. The number of benzene rings is 10. The van der Waals surface area contributed by atoms with Gasteiger partial charge in [-0.05, 0) is 86.5 Å². The van der Waals surface area contributed by atoms with Crippen LogP contribution in [-0.2, 0) is 0 Å². The summed E-state index contributed by atoms with van der Waals surface area (Å²) >= 11 is 0. The molecule has 322 valence electrons. The molecule has 0 fully saturated rings. The van der Waals surface area contributed by atoms with E-state index in [1.54, 1.807) is 0 Å². The molecule has 68 heavy (non-hydrogen) atoms. The third kappa shape index (κ3) is 6.79. The van der Waals surface area contributed by atoms with Gasteiger partial charge in [0, 0.05) is 27.1 Å². The first-order chi connectivity index (χ1) is 33.7. The highest BCUT2D eigenvalue weighted by Crippen LogP contribution is 2.43. The van der Waals surface area contributed by atoms with Crippen molar-refractivity contribution in [3.8, 4) is 50.2 Å². The molecule has 10 aromatic carbocycles. The highest BCUT2D eigenvalue weighted by molar-refractivity contribution is 6.26. The fourth-order valence-electron chi connectivity index (χ4n) is 10.4. The lowest BCUT2D eigenvalue weighted by molar-refractivity contribution is 0.403. The van der Waals surface area contributed by atoms with Crippen LogP contribution in [0, 0.1) is 0 Å². The fourth-order valence-corrected chi connectivity index (χ4v) is 10.4. The molecule has 0 amide bonds. The summed E-state index contributed by atoms with van der Waals surface area (Å²) in [6.07, 6.45) is -0.662. The van der Waals surface area contributed by atoms with Gasteiger partial charge >= 0.3 is 0 Å². The minimum absolute atomic E-state index is 0.284. The van der Waals surface area contributed by atoms with Crippen LogP contribution in [0.25, 0.3) is 93.8 Å². The molecule has 13 rings (SSSR count). The Labute approximate surface area is 394 Å². The van der Waals surface area contributed by atoms with Crippen molar-refractivity contribution in [2.75, 3.05) is 0 Å². The van der Waals surface area contributed by atoms with Crippen LogP contribution < -0.4 is 10.6 Å². The van der Waals surface area contributed by atoms with Gasteiger partial charge in [0.05, 0.1) is 27.8 Å². The lowest BCUT2D eigenvalue weighted by Crippen LogP contribution is -2.47. The Morgan fingerprint density at radius 2 is 0.794 bits per heavy atom. The van der Waals surface area contributed by atoms with E-state index in [1.807, 2.05) is 0 Å². The predicted molar refractivity (Wildman–Crippen MR) is 283 cm³/mol. The standard InChI is InChI=1S/C63H45N5/c1-5-19-42(20-6-1)46-27-17-29-49(39-46)61-64-62(50-30-18-28-47(40-50)43-21-7-2-8-22-43)66-63(65-61)68-57-34-16-14-32-52(57)54-37-36-53-51-31-13-15-33-56(51)67(59(53)60(54)68)58-38-35-48(44-23-9-3-10-24-44)41-55(58)45-25-11-4-12-26-45/h1-41,61-62,64H,(H,65,66). The van der Waals surface area contributed by atoms with E-state index < -0.39 is 0 Å². The molecule has 2 aromatic heterocycles. The molecule has 1 aliphatic heterocycles. The Balaban J connectivity index is 1.09. The molecule has 1 aliphatic rings. The molecule has 0 aliphatic carbocycles. The van der Waals surface area contributed by atoms with Gasteiger partial charge in [0.1, 0.15) is 12.3 Å². The van der Waals surface area contributed by atoms with Gasteiger partial charge in [-0.3, -0.25) is 9.88 Å². The van der Waals surface area contributed by atoms with Crippen LogP contribution in [0.15, 0.2) is 254 Å². The molecule has 3 heterocycles. The van der Waals surface area contributed by atoms with Crippen LogP contribution in [0.2, 0.25) is 0 Å². The summed E-state index contributed by atoms with van der Waals surface area (Å²) in [7, 11) is 0. The monoisotopic (exact) mass is 871 g/mol. The number of hydrogen-bond donors (Lipinski definition) is 2. The first kappa shape index (κ1) is 39.6. The maximum atomic E-state index is 5.71. The zero-order valence-electron chi connectivity index (χ0n) is 37.2. The Kier molecular flexibility index (Phi) is 9.66. The normalized spacial score (nSPS) is 14.9. The summed E-state index contributed by atoms with van der Waals surface area (Å²) in [6, 6.07) is 89.6. The molecule has 12 aromatic rings. The topological polar surface area (TPSA) is 46.3 Å². The summed E-state index contributed by atoms with van der Waals surface area (Å²) in [4.78, 5) is 5.71. The molecule has 0 spiro atoms. The number of para-hydroxylation sites is 2. The third-order valence-electron chi connectivity index (χ3n) is 13.6. The zero-order valence-corrected chi connectivity index (χ0v) is 37.2. The predicted octanol–water partition coefficient (Wildman–Crippen LogP) is 15.4. The van der Waals surface area contributed by atoms with E-state index in [1.165, 1.54) is 33.0 Å². The van der Waals surface area contributed by atoms with Crippen molar-refractivity contribution >= 4 is 49.6 Å². The van der Waals surface area contributed by atoms with Gasteiger partial charge in [0.15, 0.2) is 0 Å². The molecule has 0 bridgehead atoms. The van der Waals surface area contributed by atoms with Crippen LogP contribution in [0.3, 0.4) is 0 Å². The molecule has 2 N–H and O–H groups in total. The number of aromatic nitrogens is 2. The number of hydrogen-bond acceptors (Lipinski definition) is 3. The van der Waals surface area contributed by atoms with Gasteiger partial charge in [0.25, 0.3) is 0 Å². The van der Waals surface area contributed by atoms with E-state index in [-0.39, 0.29) is 12.3 Å². The van der Waals surface area contributed by atoms with E-state index in [4.69, 9.17) is 4.99 Å². The molecule has 2 unspecified atom stereocenters. The summed E-state index contributed by atoms with van der Waals surface area (Å²) in [5.41, 5.74) is 17.1. The quantitative estimate of drug-likeness (QED) is 0.168.